The van der Waals surface area contributed by atoms with Crippen LogP contribution >= 0.6 is 0 Å². The lowest BCUT2D eigenvalue weighted by Gasteiger charge is -2.34. The van der Waals surface area contributed by atoms with E-state index in [0.29, 0.717) is 6.54 Å². The number of fused-ring (bicyclic) bond motifs is 3. The summed E-state index contributed by atoms with van der Waals surface area (Å²) in [5.41, 5.74) is 6.05. The first-order chi connectivity index (χ1) is 14.7. The van der Waals surface area contributed by atoms with E-state index in [1.807, 2.05) is 6.07 Å². The number of unbranched alkanes of at least 4 members (excludes halogenated alkanes) is 1. The molecule has 4 rings (SSSR count). The first-order valence-electron chi connectivity index (χ1n) is 11.0. The van der Waals surface area contributed by atoms with Crippen molar-refractivity contribution >= 4 is 11.7 Å². The molecule has 1 heterocycles. The number of piperazine rings is 1. The van der Waals surface area contributed by atoms with Crippen LogP contribution in [0.5, 0.6) is 0 Å². The van der Waals surface area contributed by atoms with Crippen molar-refractivity contribution in [2.24, 2.45) is 0 Å². The lowest BCUT2D eigenvalue weighted by Crippen LogP contribution is -2.47. The van der Waals surface area contributed by atoms with Crippen LogP contribution in [-0.2, 0) is 6.42 Å². The molecule has 6 nitrogen and oxygen atoms in total. The molecule has 2 aromatic carbocycles. The maximum atomic E-state index is 12.2. The number of hydrogen-bond acceptors (Lipinski definition) is 4. The molecule has 1 aliphatic heterocycles. The molecule has 2 aliphatic rings. The van der Waals surface area contributed by atoms with Gasteiger partial charge in [0.25, 0.3) is 0 Å². The number of carbonyl (C=O) groups is 1. The third-order valence-electron chi connectivity index (χ3n) is 6.12. The normalized spacial score (nSPS) is 16.2. The van der Waals surface area contributed by atoms with Gasteiger partial charge >= 0.3 is 6.03 Å². The van der Waals surface area contributed by atoms with Crippen molar-refractivity contribution in [1.29, 1.82) is 0 Å². The highest BCUT2D eigenvalue weighted by molar-refractivity contribution is 5.90. The third-order valence-corrected chi connectivity index (χ3v) is 6.12. The van der Waals surface area contributed by atoms with E-state index in [0.717, 1.165) is 64.2 Å². The van der Waals surface area contributed by atoms with E-state index in [1.54, 1.807) is 0 Å². The van der Waals surface area contributed by atoms with Crippen molar-refractivity contribution in [3.05, 3.63) is 53.6 Å². The Bertz CT molecular complexity index is 862. The fourth-order valence-corrected chi connectivity index (χ4v) is 4.44. The van der Waals surface area contributed by atoms with E-state index in [1.165, 1.54) is 22.3 Å². The Kier molecular flexibility index (Phi) is 7.00. The number of amides is 2. The summed E-state index contributed by atoms with van der Waals surface area (Å²) in [5, 5.41) is 14.9. The first kappa shape index (κ1) is 20.8. The molecular formula is C24H32N4O2. The van der Waals surface area contributed by atoms with Crippen molar-refractivity contribution in [2.75, 3.05) is 57.7 Å². The van der Waals surface area contributed by atoms with Crippen LogP contribution in [0.1, 0.15) is 24.0 Å². The maximum Gasteiger partial charge on any atom is 0.319 e. The van der Waals surface area contributed by atoms with Gasteiger partial charge in [0.05, 0.1) is 6.61 Å². The van der Waals surface area contributed by atoms with Crippen LogP contribution in [0.4, 0.5) is 10.5 Å². The molecule has 0 atom stereocenters. The highest BCUT2D eigenvalue weighted by atomic mass is 16.3. The fraction of sp³-hybridized carbons (Fsp3) is 0.458. The molecule has 160 valence electrons. The summed E-state index contributed by atoms with van der Waals surface area (Å²) in [6.07, 6.45) is 2.98. The SMILES string of the molecule is O=C(NCCCCN1CCN(CCO)CC1)Nc1ccc2c(c1)Cc1ccccc1-2. The van der Waals surface area contributed by atoms with Gasteiger partial charge in [-0.2, -0.15) is 0 Å². The second-order valence-electron chi connectivity index (χ2n) is 8.20. The number of rotatable bonds is 8. The molecule has 1 fully saturated rings. The summed E-state index contributed by atoms with van der Waals surface area (Å²) in [4.78, 5) is 17.0. The van der Waals surface area contributed by atoms with Crippen molar-refractivity contribution < 1.29 is 9.90 Å². The zero-order valence-corrected chi connectivity index (χ0v) is 17.6. The zero-order chi connectivity index (χ0) is 20.8. The van der Waals surface area contributed by atoms with E-state index >= 15 is 0 Å². The van der Waals surface area contributed by atoms with Crippen LogP contribution in [0.15, 0.2) is 42.5 Å². The Labute approximate surface area is 178 Å². The Morgan fingerprint density at radius 1 is 0.900 bits per heavy atom. The number of carbonyl (C=O) groups excluding carboxylic acids is 1. The smallest absolute Gasteiger partial charge is 0.319 e. The van der Waals surface area contributed by atoms with E-state index in [2.05, 4.69) is 56.8 Å². The molecule has 0 saturated carbocycles. The van der Waals surface area contributed by atoms with Crippen LogP contribution in [0.3, 0.4) is 0 Å². The largest absolute Gasteiger partial charge is 0.395 e. The number of benzene rings is 2. The van der Waals surface area contributed by atoms with Gasteiger partial charge in [-0.25, -0.2) is 4.79 Å². The average Bonchev–Trinajstić information content (AvgIpc) is 3.12. The van der Waals surface area contributed by atoms with Crippen molar-refractivity contribution in [2.45, 2.75) is 19.3 Å². The molecule has 0 bridgehead atoms. The van der Waals surface area contributed by atoms with Crippen LogP contribution in [-0.4, -0.2) is 73.4 Å². The summed E-state index contributed by atoms with van der Waals surface area (Å²) in [7, 11) is 0. The molecule has 0 spiro atoms. The van der Waals surface area contributed by atoms with Gasteiger partial charge in [-0.3, -0.25) is 4.90 Å². The fourth-order valence-electron chi connectivity index (χ4n) is 4.44. The number of aliphatic hydroxyl groups is 1. The second-order valence-corrected chi connectivity index (χ2v) is 8.20. The number of nitrogens with one attached hydrogen (secondary N) is 2. The van der Waals surface area contributed by atoms with Gasteiger partial charge in [-0.1, -0.05) is 30.3 Å². The van der Waals surface area contributed by atoms with Crippen LogP contribution in [0.25, 0.3) is 11.1 Å². The van der Waals surface area contributed by atoms with Crippen molar-refractivity contribution in [3.63, 3.8) is 0 Å². The Morgan fingerprint density at radius 3 is 2.43 bits per heavy atom. The van der Waals surface area contributed by atoms with Gasteiger partial charge in [0.15, 0.2) is 0 Å². The predicted octanol–water partition coefficient (Wildman–Crippen LogP) is 2.77. The van der Waals surface area contributed by atoms with Crippen molar-refractivity contribution in [1.82, 2.24) is 15.1 Å². The van der Waals surface area contributed by atoms with E-state index in [-0.39, 0.29) is 12.6 Å². The van der Waals surface area contributed by atoms with E-state index in [9.17, 15) is 4.79 Å². The highest BCUT2D eigenvalue weighted by Gasteiger charge is 2.18. The quantitative estimate of drug-likeness (QED) is 0.502. The summed E-state index contributed by atoms with van der Waals surface area (Å²) < 4.78 is 0. The lowest BCUT2D eigenvalue weighted by atomic mass is 10.1. The molecule has 2 aromatic rings. The summed E-state index contributed by atoms with van der Waals surface area (Å²) in [5.74, 6) is 0. The molecule has 30 heavy (non-hydrogen) atoms. The standard InChI is InChI=1S/C24H32N4O2/c29-16-15-28-13-11-27(12-14-28)10-4-3-9-25-24(30)26-21-7-8-23-20(18-21)17-19-5-1-2-6-22(19)23/h1-2,5-8,18,29H,3-4,9-17H2,(H2,25,26,30). The Morgan fingerprint density at radius 2 is 1.63 bits per heavy atom. The summed E-state index contributed by atoms with van der Waals surface area (Å²) >= 11 is 0. The molecule has 6 heteroatoms. The second kappa shape index (κ2) is 10.1. The molecule has 1 saturated heterocycles. The van der Waals surface area contributed by atoms with E-state index < -0.39 is 0 Å². The Hall–Kier alpha value is -2.41. The van der Waals surface area contributed by atoms with Gasteiger partial charge in [0.2, 0.25) is 0 Å². The number of anilines is 1. The molecule has 2 amide bonds. The minimum Gasteiger partial charge on any atom is -0.395 e. The minimum absolute atomic E-state index is 0.136. The molecule has 0 unspecified atom stereocenters. The molecule has 0 radical (unpaired) electrons. The molecule has 1 aliphatic carbocycles. The van der Waals surface area contributed by atoms with Crippen LogP contribution in [0, 0.1) is 0 Å². The topological polar surface area (TPSA) is 67.8 Å². The Balaban J connectivity index is 1.14. The number of aliphatic hydroxyl groups excluding tert-OH is 1. The van der Waals surface area contributed by atoms with Crippen LogP contribution < -0.4 is 10.6 Å². The van der Waals surface area contributed by atoms with Gasteiger partial charge in [0, 0.05) is 45.0 Å². The van der Waals surface area contributed by atoms with Gasteiger partial charge < -0.3 is 20.6 Å². The third kappa shape index (κ3) is 5.19. The average molecular weight is 409 g/mol. The predicted molar refractivity (Wildman–Crippen MR) is 121 cm³/mol. The number of nitrogens with zero attached hydrogens (tertiary/aromatic N) is 2. The zero-order valence-electron chi connectivity index (χ0n) is 17.6. The van der Waals surface area contributed by atoms with Gasteiger partial charge in [0.1, 0.15) is 0 Å². The molecular weight excluding hydrogens is 376 g/mol. The van der Waals surface area contributed by atoms with E-state index in [4.69, 9.17) is 5.11 Å². The van der Waals surface area contributed by atoms with Gasteiger partial charge in [-0.15, -0.1) is 0 Å². The maximum absolute atomic E-state index is 12.2. The minimum atomic E-state index is -0.136. The van der Waals surface area contributed by atoms with Gasteiger partial charge in [-0.05, 0) is 60.2 Å². The first-order valence-corrected chi connectivity index (χ1v) is 11.0. The van der Waals surface area contributed by atoms with Crippen molar-refractivity contribution in [3.8, 4) is 11.1 Å². The van der Waals surface area contributed by atoms with Crippen LogP contribution in [0.2, 0.25) is 0 Å². The summed E-state index contributed by atoms with van der Waals surface area (Å²) in [6.45, 7) is 6.98. The monoisotopic (exact) mass is 408 g/mol. The number of urea groups is 1. The number of β-amino-alcohol motifs (C(OH)–C–C–N with tert-alkyl or cyclic N) is 1. The summed E-state index contributed by atoms with van der Waals surface area (Å²) in [6, 6.07) is 14.5. The molecule has 3 N–H and O–H groups in total. The molecule has 0 aromatic heterocycles. The highest BCUT2D eigenvalue weighted by Crippen LogP contribution is 2.37. The number of hydrogen-bond donors (Lipinski definition) is 3. The lowest BCUT2D eigenvalue weighted by molar-refractivity contribution is 0.111.